The van der Waals surface area contributed by atoms with Gasteiger partial charge in [-0.1, -0.05) is 34.4 Å². The van der Waals surface area contributed by atoms with Crippen molar-refractivity contribution in [3.05, 3.63) is 56.5 Å². The van der Waals surface area contributed by atoms with Gasteiger partial charge in [0, 0.05) is 14.5 Å². The van der Waals surface area contributed by atoms with Crippen molar-refractivity contribution in [2.75, 3.05) is 0 Å². The van der Waals surface area contributed by atoms with Crippen LogP contribution in [0, 0.1) is 0 Å². The molecular weight excluding hydrogens is 367 g/mol. The summed E-state index contributed by atoms with van der Waals surface area (Å²) >= 11 is 15.2. The van der Waals surface area contributed by atoms with Crippen molar-refractivity contribution in [3.8, 4) is 11.5 Å². The van der Waals surface area contributed by atoms with Gasteiger partial charge in [0.25, 0.3) is 0 Å². The summed E-state index contributed by atoms with van der Waals surface area (Å²) in [6.45, 7) is 0. The van der Waals surface area contributed by atoms with Crippen molar-refractivity contribution < 1.29 is 9.94 Å². The number of oxime groups is 1. The first-order chi connectivity index (χ1) is 9.51. The molecule has 2 rings (SSSR count). The fourth-order valence-electron chi connectivity index (χ4n) is 1.60. The molecule has 104 valence electrons. The maximum absolute atomic E-state index is 8.84. The van der Waals surface area contributed by atoms with Gasteiger partial charge in [-0.25, -0.2) is 0 Å². The zero-order chi connectivity index (χ0) is 14.7. The first-order valence-corrected chi connectivity index (χ1v) is 6.96. The molecule has 0 heterocycles. The lowest BCUT2D eigenvalue weighted by Gasteiger charge is -2.12. The van der Waals surface area contributed by atoms with Crippen LogP contribution in [0.25, 0.3) is 0 Å². The number of ether oxygens (including phenoxy) is 1. The predicted molar refractivity (Wildman–Crippen MR) is 83.2 cm³/mol. The van der Waals surface area contributed by atoms with E-state index in [9.17, 15) is 0 Å². The second-order valence-electron chi connectivity index (χ2n) is 3.81. The van der Waals surface area contributed by atoms with Crippen LogP contribution in [0.4, 0.5) is 0 Å². The summed E-state index contributed by atoms with van der Waals surface area (Å²) in [6.07, 6.45) is 0. The minimum absolute atomic E-state index is 0.0689. The average Bonchev–Trinajstić information content (AvgIpc) is 2.37. The van der Waals surface area contributed by atoms with Gasteiger partial charge in [0.05, 0.1) is 5.56 Å². The lowest BCUT2D eigenvalue weighted by atomic mass is 10.2. The van der Waals surface area contributed by atoms with Crippen LogP contribution in [-0.4, -0.2) is 11.0 Å². The highest BCUT2D eigenvalue weighted by atomic mass is 79.9. The minimum atomic E-state index is -0.0689. The molecule has 0 aromatic heterocycles. The number of benzene rings is 2. The Morgan fingerprint density at radius 1 is 1.20 bits per heavy atom. The molecule has 0 bridgehead atoms. The Balaban J connectivity index is 2.46. The summed E-state index contributed by atoms with van der Waals surface area (Å²) in [5, 5.41) is 12.7. The SMILES string of the molecule is N/C(=N/O)c1c(Br)cccc1Oc1cc(Cl)cc(Cl)c1. The van der Waals surface area contributed by atoms with Gasteiger partial charge in [-0.05, 0) is 46.3 Å². The van der Waals surface area contributed by atoms with Crippen molar-refractivity contribution in [1.29, 1.82) is 0 Å². The number of nitrogens with two attached hydrogens (primary N) is 1. The molecule has 2 aromatic rings. The molecule has 4 nitrogen and oxygen atoms in total. The number of hydrogen-bond donors (Lipinski definition) is 2. The van der Waals surface area contributed by atoms with Crippen molar-refractivity contribution in [2.24, 2.45) is 10.9 Å². The molecule has 0 spiro atoms. The Hall–Kier alpha value is -1.43. The summed E-state index contributed by atoms with van der Waals surface area (Å²) in [5.74, 6) is 0.793. The molecule has 0 amide bonds. The number of rotatable bonds is 3. The topological polar surface area (TPSA) is 67.8 Å². The van der Waals surface area contributed by atoms with Crippen molar-refractivity contribution in [1.82, 2.24) is 0 Å². The summed E-state index contributed by atoms with van der Waals surface area (Å²) in [7, 11) is 0. The smallest absolute Gasteiger partial charge is 0.175 e. The number of halogens is 3. The molecule has 0 aliphatic heterocycles. The fraction of sp³-hybridized carbons (Fsp3) is 0. The first kappa shape index (κ1) is 15.0. The van der Waals surface area contributed by atoms with E-state index in [0.717, 1.165) is 0 Å². The number of hydrogen-bond acceptors (Lipinski definition) is 3. The van der Waals surface area contributed by atoms with Crippen LogP contribution in [-0.2, 0) is 0 Å². The van der Waals surface area contributed by atoms with Gasteiger partial charge in [0.1, 0.15) is 11.5 Å². The van der Waals surface area contributed by atoms with Crippen molar-refractivity contribution in [3.63, 3.8) is 0 Å². The van der Waals surface area contributed by atoms with E-state index in [2.05, 4.69) is 21.1 Å². The highest BCUT2D eigenvalue weighted by molar-refractivity contribution is 9.10. The van der Waals surface area contributed by atoms with Crippen LogP contribution in [0.2, 0.25) is 10.0 Å². The first-order valence-electron chi connectivity index (χ1n) is 5.41. The molecule has 0 aliphatic rings. The molecule has 0 fully saturated rings. The predicted octanol–water partition coefficient (Wildman–Crippen LogP) is 4.64. The zero-order valence-corrected chi connectivity index (χ0v) is 13.1. The Kier molecular flexibility index (Phi) is 4.75. The van der Waals surface area contributed by atoms with Gasteiger partial charge in [0.2, 0.25) is 0 Å². The summed E-state index contributed by atoms with van der Waals surface area (Å²) in [6, 6.07) is 10.0. The summed E-state index contributed by atoms with van der Waals surface area (Å²) in [5.41, 5.74) is 6.08. The fourth-order valence-corrected chi connectivity index (χ4v) is 2.66. The van der Waals surface area contributed by atoms with E-state index >= 15 is 0 Å². The van der Waals surface area contributed by atoms with E-state index < -0.39 is 0 Å². The van der Waals surface area contributed by atoms with Crippen LogP contribution in [0.5, 0.6) is 11.5 Å². The van der Waals surface area contributed by atoms with E-state index in [1.165, 1.54) is 0 Å². The molecule has 20 heavy (non-hydrogen) atoms. The largest absolute Gasteiger partial charge is 0.456 e. The maximum atomic E-state index is 8.84. The Morgan fingerprint density at radius 3 is 2.45 bits per heavy atom. The highest BCUT2D eigenvalue weighted by Gasteiger charge is 2.13. The van der Waals surface area contributed by atoms with E-state index in [0.29, 0.717) is 31.6 Å². The molecule has 0 atom stereocenters. The number of nitrogens with zero attached hydrogens (tertiary/aromatic N) is 1. The molecule has 0 radical (unpaired) electrons. The molecule has 0 aliphatic carbocycles. The van der Waals surface area contributed by atoms with Crippen molar-refractivity contribution >= 4 is 45.0 Å². The van der Waals surface area contributed by atoms with Crippen LogP contribution in [0.1, 0.15) is 5.56 Å². The van der Waals surface area contributed by atoms with Crippen molar-refractivity contribution in [2.45, 2.75) is 0 Å². The third-order valence-corrected chi connectivity index (χ3v) is 3.50. The quantitative estimate of drug-likeness (QED) is 0.355. The van der Waals surface area contributed by atoms with Gasteiger partial charge >= 0.3 is 0 Å². The Bertz CT molecular complexity index is 657. The molecule has 0 unspecified atom stereocenters. The second-order valence-corrected chi connectivity index (χ2v) is 5.53. The zero-order valence-electron chi connectivity index (χ0n) is 9.98. The van der Waals surface area contributed by atoms with E-state index in [4.69, 9.17) is 38.9 Å². The summed E-state index contributed by atoms with van der Waals surface area (Å²) in [4.78, 5) is 0. The second kappa shape index (κ2) is 6.35. The number of amidine groups is 1. The molecule has 0 saturated heterocycles. The highest BCUT2D eigenvalue weighted by Crippen LogP contribution is 2.33. The van der Waals surface area contributed by atoms with Crippen LogP contribution in [0.15, 0.2) is 46.0 Å². The molecule has 2 aromatic carbocycles. The molecule has 7 heteroatoms. The standard InChI is InChI=1S/C13H9BrCl2N2O2/c14-10-2-1-3-11(12(10)13(17)18-19)20-9-5-7(15)4-8(16)6-9/h1-6,19H,(H2,17,18). The van der Waals surface area contributed by atoms with Crippen LogP contribution < -0.4 is 10.5 Å². The lowest BCUT2D eigenvalue weighted by Crippen LogP contribution is -2.15. The van der Waals surface area contributed by atoms with Crippen LogP contribution in [0.3, 0.4) is 0 Å². The van der Waals surface area contributed by atoms with E-state index in [1.807, 2.05) is 0 Å². The average molecular weight is 376 g/mol. The summed E-state index contributed by atoms with van der Waals surface area (Å²) < 4.78 is 6.34. The van der Waals surface area contributed by atoms with E-state index in [1.54, 1.807) is 36.4 Å². The normalized spacial score (nSPS) is 11.4. The molecular formula is C13H9BrCl2N2O2. The molecule has 0 saturated carbocycles. The third-order valence-electron chi connectivity index (χ3n) is 2.40. The van der Waals surface area contributed by atoms with Gasteiger partial charge in [0.15, 0.2) is 5.84 Å². The van der Waals surface area contributed by atoms with E-state index in [-0.39, 0.29) is 5.84 Å². The minimum Gasteiger partial charge on any atom is -0.456 e. The Labute approximate surface area is 133 Å². The lowest BCUT2D eigenvalue weighted by molar-refractivity contribution is 0.318. The van der Waals surface area contributed by atoms with Gasteiger partial charge in [-0.3, -0.25) is 0 Å². The van der Waals surface area contributed by atoms with Gasteiger partial charge in [-0.2, -0.15) is 0 Å². The van der Waals surface area contributed by atoms with Gasteiger partial charge in [-0.15, -0.1) is 0 Å². The van der Waals surface area contributed by atoms with Gasteiger partial charge < -0.3 is 15.7 Å². The maximum Gasteiger partial charge on any atom is 0.175 e. The van der Waals surface area contributed by atoms with Crippen LogP contribution >= 0.6 is 39.1 Å². The Morgan fingerprint density at radius 2 is 1.85 bits per heavy atom. The molecule has 3 N–H and O–H groups in total. The third kappa shape index (κ3) is 3.36. The monoisotopic (exact) mass is 374 g/mol.